The zero-order valence-corrected chi connectivity index (χ0v) is 49.3. The van der Waals surface area contributed by atoms with Crippen molar-refractivity contribution in [1.82, 2.24) is 40.3 Å². The molecule has 4 N–H and O–H groups in total. The van der Waals surface area contributed by atoms with Gasteiger partial charge in [-0.25, -0.2) is 13.6 Å². The molecule has 5 aliphatic heterocycles. The highest BCUT2D eigenvalue weighted by Gasteiger charge is 2.46. The van der Waals surface area contributed by atoms with E-state index >= 15 is 8.78 Å². The van der Waals surface area contributed by atoms with E-state index < -0.39 is 65.1 Å². The van der Waals surface area contributed by atoms with E-state index in [0.29, 0.717) is 62.5 Å². The summed E-state index contributed by atoms with van der Waals surface area (Å²) in [6.07, 6.45) is 10.9. The Morgan fingerprint density at radius 2 is 1.70 bits per heavy atom. The number of halogens is 2. The third-order valence-corrected chi connectivity index (χ3v) is 17.3. The second kappa shape index (κ2) is 26.3. The molecule has 0 radical (unpaired) electrons. The van der Waals surface area contributed by atoms with Crippen LogP contribution in [0.2, 0.25) is 0 Å². The number of nitrogens with one attached hydrogen (secondary N) is 2. The van der Waals surface area contributed by atoms with Crippen LogP contribution in [0.3, 0.4) is 0 Å². The van der Waals surface area contributed by atoms with Gasteiger partial charge in [0, 0.05) is 88.2 Å². The number of benzene rings is 3. The van der Waals surface area contributed by atoms with Crippen molar-refractivity contribution in [1.29, 1.82) is 5.26 Å². The Morgan fingerprint density at radius 1 is 0.942 bits per heavy atom. The molecule has 2 unspecified atom stereocenters. The summed E-state index contributed by atoms with van der Waals surface area (Å²) >= 11 is 0. The van der Waals surface area contributed by atoms with Gasteiger partial charge in [-0.05, 0) is 105 Å². The number of ether oxygens (including phenoxy) is 4. The number of aliphatic hydroxyl groups excluding tert-OH is 1. The summed E-state index contributed by atoms with van der Waals surface area (Å²) in [7, 11) is 1.46. The Labute approximate surface area is 498 Å². The highest BCUT2D eigenvalue weighted by atomic mass is 19.1. The number of nitrogens with zero attached hydrogens (tertiary/aromatic N) is 9. The number of β-amino-alcohol motifs (C(OH)–C–C–N with tert-alkyl or cyclic N) is 1. The SMILES string of the molecule is C#Cc1c(F)ccc2cc(OCOC)cc(-c3ncc4c(N5CC6CCC(C5)N6C(=O)O)nc(OC[C@@H]5CCCN5CCCOCCC(=O)N[C@H](C(=O)N5C[C@H](O)C[C@H]5C(=O)N[C@@H](C)c5ccc(N6CCC[C@H]6C#N)cc5)C(C)(C)C)nc4c3F)c12. The number of nitriles is 1. The van der Waals surface area contributed by atoms with Gasteiger partial charge in [0.2, 0.25) is 17.7 Å². The highest BCUT2D eigenvalue weighted by molar-refractivity contribution is 6.03. The summed E-state index contributed by atoms with van der Waals surface area (Å²) in [5.74, 6) is 0.301. The number of fused-ring (bicyclic) bond motifs is 4. The fraction of sp³-hybridized carbons (Fsp3) is 0.524. The molecule has 5 fully saturated rings. The van der Waals surface area contributed by atoms with E-state index in [1.54, 1.807) is 6.07 Å². The molecule has 21 nitrogen and oxygen atoms in total. The van der Waals surface area contributed by atoms with Crippen LogP contribution in [0, 0.1) is 40.7 Å². The van der Waals surface area contributed by atoms with Crippen molar-refractivity contribution < 1.29 is 57.1 Å². The van der Waals surface area contributed by atoms with Crippen LogP contribution in [-0.2, 0) is 23.9 Å². The number of hydrogen-bond donors (Lipinski definition) is 4. The number of terminal acetylenes is 1. The van der Waals surface area contributed by atoms with Crippen molar-refractivity contribution in [2.24, 2.45) is 5.41 Å². The summed E-state index contributed by atoms with van der Waals surface area (Å²) in [6.45, 7) is 10.7. The molecule has 10 rings (SSSR count). The topological polar surface area (TPSA) is 248 Å². The maximum absolute atomic E-state index is 17.5. The second-order valence-corrected chi connectivity index (χ2v) is 24.1. The third kappa shape index (κ3) is 13.1. The van der Waals surface area contributed by atoms with Gasteiger partial charge in [-0.1, -0.05) is 44.9 Å². The van der Waals surface area contributed by atoms with E-state index in [2.05, 4.69) is 42.4 Å². The van der Waals surface area contributed by atoms with Gasteiger partial charge >= 0.3 is 12.1 Å². The van der Waals surface area contributed by atoms with Gasteiger partial charge in [0.05, 0.1) is 47.9 Å². The maximum Gasteiger partial charge on any atom is 0.407 e. The van der Waals surface area contributed by atoms with Gasteiger partial charge in [-0.2, -0.15) is 15.2 Å². The molecule has 8 atom stereocenters. The van der Waals surface area contributed by atoms with Crippen LogP contribution in [-0.4, -0.2) is 179 Å². The first kappa shape index (κ1) is 61.1. The highest BCUT2D eigenvalue weighted by Crippen LogP contribution is 2.41. The van der Waals surface area contributed by atoms with Gasteiger partial charge in [0.15, 0.2) is 12.6 Å². The van der Waals surface area contributed by atoms with Crippen molar-refractivity contribution in [2.75, 3.05) is 82.8 Å². The molecule has 4 amide bonds. The van der Waals surface area contributed by atoms with Gasteiger partial charge < -0.3 is 54.5 Å². The molecule has 0 saturated carbocycles. The van der Waals surface area contributed by atoms with E-state index in [-0.39, 0.29) is 103 Å². The van der Waals surface area contributed by atoms with Crippen LogP contribution in [0.15, 0.2) is 54.7 Å². The lowest BCUT2D eigenvalue weighted by molar-refractivity contribution is -0.144. The Morgan fingerprint density at radius 3 is 2.41 bits per heavy atom. The van der Waals surface area contributed by atoms with Crippen LogP contribution in [0.5, 0.6) is 11.8 Å². The van der Waals surface area contributed by atoms with Gasteiger partial charge in [0.25, 0.3) is 0 Å². The Bertz CT molecular complexity index is 3410. The lowest BCUT2D eigenvalue weighted by atomic mass is 9.85. The molecule has 7 heterocycles. The monoisotopic (exact) mass is 1180 g/mol. The number of hydrogen-bond acceptors (Lipinski definition) is 16. The molecule has 456 valence electrons. The number of carboxylic acid groups (broad SMARTS) is 1. The van der Waals surface area contributed by atoms with E-state index in [0.717, 1.165) is 50.0 Å². The molecular formula is C63H75F2N11O10. The molecule has 5 aliphatic rings. The molecular weight excluding hydrogens is 1110 g/mol. The van der Waals surface area contributed by atoms with E-state index in [9.17, 15) is 34.7 Å². The quantitative estimate of drug-likeness (QED) is 0.0331. The Kier molecular flexibility index (Phi) is 18.7. The zero-order valence-electron chi connectivity index (χ0n) is 49.3. The van der Waals surface area contributed by atoms with Crippen molar-refractivity contribution >= 4 is 57.0 Å². The fourth-order valence-electron chi connectivity index (χ4n) is 13.0. The second-order valence-electron chi connectivity index (χ2n) is 24.1. The molecule has 23 heteroatoms. The number of rotatable bonds is 21. The minimum atomic E-state index is -0.997. The molecule has 5 aromatic rings. The number of methoxy groups -OCH3 is 1. The molecule has 0 spiro atoms. The Hall–Kier alpha value is -7.96. The van der Waals surface area contributed by atoms with Crippen molar-refractivity contribution in [3.05, 3.63) is 77.5 Å². The number of carbonyl (C=O) groups excluding carboxylic acids is 3. The summed E-state index contributed by atoms with van der Waals surface area (Å²) in [4.78, 5) is 77.1. The number of piperazine rings is 1. The lowest BCUT2D eigenvalue weighted by Gasteiger charge is -2.40. The molecule has 86 heavy (non-hydrogen) atoms. The summed E-state index contributed by atoms with van der Waals surface area (Å²) in [5, 5.41) is 37.3. The fourth-order valence-corrected chi connectivity index (χ4v) is 13.0. The van der Waals surface area contributed by atoms with Crippen molar-refractivity contribution in [3.8, 4) is 41.4 Å². The van der Waals surface area contributed by atoms with Crippen LogP contribution >= 0.6 is 0 Å². The predicted octanol–water partition coefficient (Wildman–Crippen LogP) is 6.92. The average molecular weight is 1180 g/mol. The van der Waals surface area contributed by atoms with Gasteiger partial charge in [-0.15, -0.1) is 6.42 Å². The number of aliphatic hydroxyl groups is 1. The average Bonchev–Trinajstić information content (AvgIpc) is 0.926. The first-order valence-electron chi connectivity index (χ1n) is 29.6. The van der Waals surface area contributed by atoms with E-state index in [4.69, 9.17) is 30.4 Å². The molecule has 5 saturated heterocycles. The molecule has 0 aliphatic carbocycles. The van der Waals surface area contributed by atoms with Crippen LogP contribution in [0.25, 0.3) is 32.9 Å². The summed E-state index contributed by atoms with van der Waals surface area (Å²) in [6, 6.07) is 12.8. The van der Waals surface area contributed by atoms with Crippen molar-refractivity contribution in [3.63, 3.8) is 0 Å². The normalized spacial score (nSPS) is 22.0. The number of likely N-dealkylation sites (tertiary alicyclic amines) is 2. The Balaban J connectivity index is 0.756. The first-order chi connectivity index (χ1) is 41.3. The molecule has 2 aromatic heterocycles. The standard InChI is InChI=1S/C63H75F2N11O10/c1-7-47-50(64)20-15-39-27-46(86-36-83-6)29-48(53(39)47)55-54(65)56-49(31-67-55)58(73-32-42-18-19-43(33-73)76(42)62(81)82)71-61(70-56)85-35-44-12-8-22-72(44)23-10-25-84-26-21-52(78)69-57(63(3,4)5)60(80)75-34-45(77)28-51(75)59(79)68-37(2)38-13-16-40(17-14-38)74-24-9-11-41(74)30-66/h1,13-17,20,27,29,31,37,41-45,51,57,77H,8-12,18-19,21-26,28,32-36H2,2-6H3,(H,68,79)(H,69,78)(H,81,82)/t37-,41-,42?,43?,44-,45+,51-,57+/m0/s1. The van der Waals surface area contributed by atoms with Crippen molar-refractivity contribution in [2.45, 2.75) is 134 Å². The predicted molar refractivity (Wildman–Crippen MR) is 316 cm³/mol. The van der Waals surface area contributed by atoms with Crippen LogP contribution < -0.4 is 29.9 Å². The molecule has 2 bridgehead atoms. The van der Waals surface area contributed by atoms with E-state index in [1.165, 1.54) is 41.3 Å². The van der Waals surface area contributed by atoms with Crippen LogP contribution in [0.4, 0.5) is 25.1 Å². The number of pyridine rings is 1. The minimum Gasteiger partial charge on any atom is -0.468 e. The largest absolute Gasteiger partial charge is 0.468 e. The smallest absolute Gasteiger partial charge is 0.407 e. The molecule has 3 aromatic carbocycles. The number of carbonyl (C=O) groups is 4. The number of aromatic nitrogens is 3. The number of anilines is 2. The number of amides is 4. The summed E-state index contributed by atoms with van der Waals surface area (Å²) < 4.78 is 56.1. The lowest BCUT2D eigenvalue weighted by Crippen LogP contribution is -2.58. The maximum atomic E-state index is 17.5. The zero-order chi connectivity index (χ0) is 61.0. The first-order valence-corrected chi connectivity index (χ1v) is 29.6. The van der Waals surface area contributed by atoms with Gasteiger partial charge in [0.1, 0.15) is 53.3 Å². The minimum absolute atomic E-state index is 0.0173. The van der Waals surface area contributed by atoms with E-state index in [1.807, 2.05) is 56.9 Å². The third-order valence-electron chi connectivity index (χ3n) is 17.3. The van der Waals surface area contributed by atoms with Gasteiger partial charge in [-0.3, -0.25) is 29.2 Å². The van der Waals surface area contributed by atoms with Crippen LogP contribution in [0.1, 0.15) is 103 Å². The summed E-state index contributed by atoms with van der Waals surface area (Å²) in [5.41, 5.74) is 0.870.